The van der Waals surface area contributed by atoms with Crippen molar-refractivity contribution in [3.8, 4) is 0 Å². The monoisotopic (exact) mass is 301 g/mol. The molecule has 0 radical (unpaired) electrons. The van der Waals surface area contributed by atoms with Gasteiger partial charge in [-0.05, 0) is 30.7 Å². The molecule has 2 aliphatic rings. The Morgan fingerprint density at radius 2 is 2.19 bits per heavy atom. The van der Waals surface area contributed by atoms with Gasteiger partial charge in [0, 0.05) is 41.5 Å². The number of pyridine rings is 1. The van der Waals surface area contributed by atoms with Crippen LogP contribution in [-0.2, 0) is 4.79 Å². The molecule has 0 bridgehead atoms. The average molecular weight is 301 g/mol. The standard InChI is InChI=1S/C15H15N3O2S/c19-11-1-2-12-13(9-11)21-14(18-12)5-8-17-15(20)10-3-6-16-7-4-10/h1-4,6-7,14,18H,5,8-9H2,(H,17,20). The van der Waals surface area contributed by atoms with Crippen LogP contribution in [0.15, 0.2) is 47.3 Å². The van der Waals surface area contributed by atoms with Crippen LogP contribution in [0.5, 0.6) is 0 Å². The largest absolute Gasteiger partial charge is 0.372 e. The van der Waals surface area contributed by atoms with E-state index in [-0.39, 0.29) is 17.1 Å². The number of amides is 1. The zero-order chi connectivity index (χ0) is 14.7. The molecule has 5 nitrogen and oxygen atoms in total. The van der Waals surface area contributed by atoms with Gasteiger partial charge < -0.3 is 10.6 Å². The Kier molecular flexibility index (Phi) is 4.06. The lowest BCUT2D eigenvalue weighted by atomic mass is 10.1. The maximum Gasteiger partial charge on any atom is 0.251 e. The fraction of sp³-hybridized carbons (Fsp3) is 0.267. The second-order valence-corrected chi connectivity index (χ2v) is 6.14. The van der Waals surface area contributed by atoms with Crippen molar-refractivity contribution < 1.29 is 9.59 Å². The third kappa shape index (κ3) is 3.33. The number of thioether (sulfide) groups is 1. The minimum absolute atomic E-state index is 0.0896. The summed E-state index contributed by atoms with van der Waals surface area (Å²) >= 11 is 1.68. The number of hydrogen-bond donors (Lipinski definition) is 2. The first kappa shape index (κ1) is 13.9. The van der Waals surface area contributed by atoms with Crippen molar-refractivity contribution in [3.63, 3.8) is 0 Å². The van der Waals surface area contributed by atoms with Crippen molar-refractivity contribution in [3.05, 3.63) is 52.8 Å². The maximum atomic E-state index is 11.9. The molecule has 1 aliphatic carbocycles. The van der Waals surface area contributed by atoms with E-state index in [9.17, 15) is 9.59 Å². The summed E-state index contributed by atoms with van der Waals surface area (Å²) in [5.41, 5.74) is 1.66. The lowest BCUT2D eigenvalue weighted by molar-refractivity contribution is -0.114. The summed E-state index contributed by atoms with van der Waals surface area (Å²) in [5.74, 6) is 0.0582. The lowest BCUT2D eigenvalue weighted by Crippen LogP contribution is -2.29. The van der Waals surface area contributed by atoms with Crippen LogP contribution in [0.3, 0.4) is 0 Å². The maximum absolute atomic E-state index is 11.9. The van der Waals surface area contributed by atoms with Crippen molar-refractivity contribution in [1.29, 1.82) is 0 Å². The molecule has 1 atom stereocenters. The Morgan fingerprint density at radius 1 is 1.38 bits per heavy atom. The van der Waals surface area contributed by atoms with Crippen molar-refractivity contribution in [2.75, 3.05) is 6.54 Å². The van der Waals surface area contributed by atoms with E-state index in [1.807, 2.05) is 6.08 Å². The van der Waals surface area contributed by atoms with E-state index in [1.54, 1.807) is 42.4 Å². The molecule has 0 aromatic carbocycles. The summed E-state index contributed by atoms with van der Waals surface area (Å²) in [5, 5.41) is 6.47. The van der Waals surface area contributed by atoms with Gasteiger partial charge in [0.05, 0.1) is 5.37 Å². The second kappa shape index (κ2) is 6.13. The van der Waals surface area contributed by atoms with Gasteiger partial charge >= 0.3 is 0 Å². The van der Waals surface area contributed by atoms with E-state index in [0.717, 1.165) is 17.0 Å². The highest BCUT2D eigenvalue weighted by molar-refractivity contribution is 8.03. The SMILES string of the molecule is O=C1C=CC2=C(C1)SC(CCNC(=O)c1ccncc1)N2. The van der Waals surface area contributed by atoms with Gasteiger partial charge in [-0.15, -0.1) is 11.8 Å². The topological polar surface area (TPSA) is 71.1 Å². The molecule has 108 valence electrons. The molecule has 1 aromatic rings. The van der Waals surface area contributed by atoms with E-state index in [2.05, 4.69) is 15.6 Å². The van der Waals surface area contributed by atoms with Crippen LogP contribution >= 0.6 is 11.8 Å². The molecule has 2 N–H and O–H groups in total. The highest BCUT2D eigenvalue weighted by Crippen LogP contribution is 2.36. The number of ketones is 1. The van der Waals surface area contributed by atoms with E-state index >= 15 is 0 Å². The zero-order valence-corrected chi connectivity index (χ0v) is 12.2. The Labute approximate surface area is 126 Å². The number of allylic oxidation sites excluding steroid dienone is 3. The number of nitrogens with one attached hydrogen (secondary N) is 2. The zero-order valence-electron chi connectivity index (χ0n) is 11.3. The molecule has 1 amide bonds. The normalized spacial score (nSPS) is 20.2. The Morgan fingerprint density at radius 3 is 3.00 bits per heavy atom. The van der Waals surface area contributed by atoms with Crippen LogP contribution in [0, 0.1) is 0 Å². The van der Waals surface area contributed by atoms with Crippen LogP contribution in [0.25, 0.3) is 0 Å². The van der Waals surface area contributed by atoms with Gasteiger partial charge in [-0.3, -0.25) is 14.6 Å². The third-order valence-electron chi connectivity index (χ3n) is 3.31. The van der Waals surface area contributed by atoms with E-state index < -0.39 is 0 Å². The van der Waals surface area contributed by atoms with Gasteiger partial charge in [-0.25, -0.2) is 0 Å². The third-order valence-corrected chi connectivity index (χ3v) is 4.59. The van der Waals surface area contributed by atoms with Crippen molar-refractivity contribution in [2.45, 2.75) is 18.2 Å². The van der Waals surface area contributed by atoms with Crippen LogP contribution < -0.4 is 10.6 Å². The molecule has 3 rings (SSSR count). The predicted octanol–water partition coefficient (Wildman–Crippen LogP) is 1.60. The van der Waals surface area contributed by atoms with Crippen LogP contribution in [0.4, 0.5) is 0 Å². The average Bonchev–Trinajstić information content (AvgIpc) is 2.89. The van der Waals surface area contributed by atoms with Crippen molar-refractivity contribution in [1.82, 2.24) is 15.6 Å². The van der Waals surface area contributed by atoms with E-state index in [4.69, 9.17) is 0 Å². The summed E-state index contributed by atoms with van der Waals surface area (Å²) in [6.07, 6.45) is 7.94. The van der Waals surface area contributed by atoms with Gasteiger partial charge in [0.25, 0.3) is 5.91 Å². The predicted molar refractivity (Wildman–Crippen MR) is 81.5 cm³/mol. The van der Waals surface area contributed by atoms with Gasteiger partial charge in [0.15, 0.2) is 5.78 Å². The van der Waals surface area contributed by atoms with Gasteiger partial charge in [0.2, 0.25) is 0 Å². The van der Waals surface area contributed by atoms with Crippen LogP contribution in [0.2, 0.25) is 0 Å². The molecule has 21 heavy (non-hydrogen) atoms. The fourth-order valence-corrected chi connectivity index (χ4v) is 3.49. The van der Waals surface area contributed by atoms with Gasteiger partial charge in [-0.1, -0.05) is 0 Å². The van der Waals surface area contributed by atoms with Crippen LogP contribution in [-0.4, -0.2) is 28.6 Å². The summed E-state index contributed by atoms with van der Waals surface area (Å²) in [4.78, 5) is 28.2. The Balaban J connectivity index is 1.45. The molecule has 1 unspecified atom stereocenters. The molecule has 0 spiro atoms. The first-order valence-corrected chi connectivity index (χ1v) is 7.66. The minimum Gasteiger partial charge on any atom is -0.372 e. The molecule has 1 aromatic heterocycles. The number of aromatic nitrogens is 1. The molecule has 6 heteroatoms. The van der Waals surface area contributed by atoms with Crippen molar-refractivity contribution in [2.24, 2.45) is 0 Å². The Hall–Kier alpha value is -2.08. The Bertz CT molecular complexity index is 625. The summed E-state index contributed by atoms with van der Waals surface area (Å²) in [6, 6.07) is 3.38. The molecule has 1 aliphatic heterocycles. The van der Waals surface area contributed by atoms with Crippen molar-refractivity contribution >= 4 is 23.5 Å². The number of rotatable bonds is 4. The number of carbonyl (C=O) groups is 2. The highest BCUT2D eigenvalue weighted by atomic mass is 32.2. The highest BCUT2D eigenvalue weighted by Gasteiger charge is 2.26. The van der Waals surface area contributed by atoms with Gasteiger partial charge in [-0.2, -0.15) is 0 Å². The summed E-state index contributed by atoms with van der Waals surface area (Å²) in [7, 11) is 0. The molecule has 0 fully saturated rings. The molecule has 2 heterocycles. The molecule has 0 saturated heterocycles. The second-order valence-electron chi connectivity index (χ2n) is 4.84. The van der Waals surface area contributed by atoms with E-state index in [0.29, 0.717) is 18.5 Å². The first-order valence-electron chi connectivity index (χ1n) is 6.78. The number of nitrogens with zero attached hydrogens (tertiary/aromatic N) is 1. The summed E-state index contributed by atoms with van der Waals surface area (Å²) < 4.78 is 0. The molecular formula is C15H15N3O2S. The van der Waals surface area contributed by atoms with E-state index in [1.165, 1.54) is 0 Å². The van der Waals surface area contributed by atoms with Crippen LogP contribution in [0.1, 0.15) is 23.2 Å². The smallest absolute Gasteiger partial charge is 0.251 e. The lowest BCUT2D eigenvalue weighted by Gasteiger charge is -2.12. The number of carbonyl (C=O) groups excluding carboxylic acids is 2. The van der Waals surface area contributed by atoms with Gasteiger partial charge in [0.1, 0.15) is 0 Å². The quantitative estimate of drug-likeness (QED) is 0.884. The molecular weight excluding hydrogens is 286 g/mol. The first-order chi connectivity index (χ1) is 10.2. The molecule has 0 saturated carbocycles. The minimum atomic E-state index is -0.0896. The number of hydrogen-bond acceptors (Lipinski definition) is 5. The fourth-order valence-electron chi connectivity index (χ4n) is 2.24. The summed E-state index contributed by atoms with van der Waals surface area (Å²) in [6.45, 7) is 0.587.